The van der Waals surface area contributed by atoms with E-state index in [0.717, 1.165) is 12.2 Å². The van der Waals surface area contributed by atoms with E-state index in [1.165, 1.54) is 12.1 Å². The quantitative estimate of drug-likeness (QED) is 0.876. The van der Waals surface area contributed by atoms with Crippen LogP contribution < -0.4 is 14.8 Å². The first kappa shape index (κ1) is 13.2. The minimum absolute atomic E-state index is 0.0539. The van der Waals surface area contributed by atoms with Gasteiger partial charge in [-0.25, -0.2) is 13.6 Å². The standard InChI is InChI=1S/C12H18N2O3S/c1-8(2)12-7-14(3)10-5-4-9(18(13,15)16)6-11(10)17-12/h4-6,8,12H,7H2,1-3H3,(H2,13,15,16). The maximum atomic E-state index is 11.3. The highest BCUT2D eigenvalue weighted by molar-refractivity contribution is 7.89. The number of sulfonamides is 1. The molecule has 0 saturated carbocycles. The predicted octanol–water partition coefficient (Wildman–Crippen LogP) is 1.19. The lowest BCUT2D eigenvalue weighted by Crippen LogP contribution is -2.40. The zero-order valence-electron chi connectivity index (χ0n) is 10.8. The van der Waals surface area contributed by atoms with Crippen LogP contribution in [0.4, 0.5) is 5.69 Å². The Morgan fingerprint density at radius 1 is 1.44 bits per heavy atom. The van der Waals surface area contributed by atoms with Gasteiger partial charge in [-0.3, -0.25) is 0 Å². The molecule has 0 aliphatic carbocycles. The van der Waals surface area contributed by atoms with Crippen molar-refractivity contribution in [2.24, 2.45) is 11.1 Å². The van der Waals surface area contributed by atoms with Crippen molar-refractivity contribution in [3.63, 3.8) is 0 Å². The van der Waals surface area contributed by atoms with E-state index in [4.69, 9.17) is 9.88 Å². The molecule has 1 aliphatic heterocycles. The van der Waals surface area contributed by atoms with Crippen LogP contribution in [0.15, 0.2) is 23.1 Å². The van der Waals surface area contributed by atoms with Crippen molar-refractivity contribution in [2.45, 2.75) is 24.8 Å². The van der Waals surface area contributed by atoms with Crippen molar-refractivity contribution >= 4 is 15.7 Å². The highest BCUT2D eigenvalue weighted by Crippen LogP contribution is 2.35. The Labute approximate surface area is 108 Å². The summed E-state index contributed by atoms with van der Waals surface area (Å²) in [6, 6.07) is 4.73. The number of ether oxygens (including phenoxy) is 1. The van der Waals surface area contributed by atoms with Gasteiger partial charge in [0.15, 0.2) is 0 Å². The fourth-order valence-corrected chi connectivity index (χ4v) is 2.53. The topological polar surface area (TPSA) is 72.6 Å². The van der Waals surface area contributed by atoms with Crippen LogP contribution in [-0.4, -0.2) is 28.1 Å². The zero-order chi connectivity index (χ0) is 13.5. The Hall–Kier alpha value is -1.27. The number of nitrogens with two attached hydrogens (primary N) is 1. The number of hydrogen-bond acceptors (Lipinski definition) is 4. The van der Waals surface area contributed by atoms with Crippen LogP contribution in [-0.2, 0) is 10.0 Å². The van der Waals surface area contributed by atoms with Gasteiger partial charge in [-0.2, -0.15) is 0 Å². The lowest BCUT2D eigenvalue weighted by Gasteiger charge is -2.35. The van der Waals surface area contributed by atoms with Crippen LogP contribution in [0.5, 0.6) is 5.75 Å². The number of anilines is 1. The van der Waals surface area contributed by atoms with E-state index in [-0.39, 0.29) is 11.0 Å². The van der Waals surface area contributed by atoms with Crippen LogP contribution in [0.3, 0.4) is 0 Å². The van der Waals surface area contributed by atoms with Gasteiger partial charge in [0.25, 0.3) is 0 Å². The summed E-state index contributed by atoms with van der Waals surface area (Å²) in [6.07, 6.45) is 0.0539. The molecule has 1 heterocycles. The van der Waals surface area contributed by atoms with Crippen LogP contribution >= 0.6 is 0 Å². The molecule has 2 N–H and O–H groups in total. The third-order valence-corrected chi connectivity index (χ3v) is 4.06. The van der Waals surface area contributed by atoms with Crippen molar-refractivity contribution in [1.29, 1.82) is 0 Å². The second-order valence-electron chi connectivity index (χ2n) is 4.96. The first-order valence-corrected chi connectivity index (χ1v) is 7.38. The van der Waals surface area contributed by atoms with Gasteiger partial charge in [0.1, 0.15) is 11.9 Å². The zero-order valence-corrected chi connectivity index (χ0v) is 11.6. The smallest absolute Gasteiger partial charge is 0.238 e. The van der Waals surface area contributed by atoms with Gasteiger partial charge in [0.05, 0.1) is 17.1 Å². The van der Waals surface area contributed by atoms with Gasteiger partial charge in [-0.1, -0.05) is 13.8 Å². The number of primary sulfonamides is 1. The van der Waals surface area contributed by atoms with Gasteiger partial charge < -0.3 is 9.64 Å². The molecule has 1 unspecified atom stereocenters. The minimum Gasteiger partial charge on any atom is -0.486 e. The molecule has 1 atom stereocenters. The Balaban J connectivity index is 2.43. The van der Waals surface area contributed by atoms with Gasteiger partial charge >= 0.3 is 0 Å². The van der Waals surface area contributed by atoms with E-state index in [1.807, 2.05) is 7.05 Å². The summed E-state index contributed by atoms with van der Waals surface area (Å²) in [5.41, 5.74) is 0.888. The van der Waals surface area contributed by atoms with Gasteiger partial charge in [-0.05, 0) is 18.1 Å². The maximum absolute atomic E-state index is 11.3. The number of nitrogens with zero attached hydrogens (tertiary/aromatic N) is 1. The summed E-state index contributed by atoms with van der Waals surface area (Å²) in [5, 5.41) is 5.12. The molecule has 0 amide bonds. The predicted molar refractivity (Wildman–Crippen MR) is 70.3 cm³/mol. The molecule has 18 heavy (non-hydrogen) atoms. The first-order chi connectivity index (χ1) is 8.29. The second-order valence-corrected chi connectivity index (χ2v) is 6.52. The fraction of sp³-hybridized carbons (Fsp3) is 0.500. The summed E-state index contributed by atoms with van der Waals surface area (Å²) in [7, 11) is -1.72. The average molecular weight is 270 g/mol. The van der Waals surface area contributed by atoms with E-state index in [0.29, 0.717) is 11.7 Å². The van der Waals surface area contributed by atoms with Gasteiger partial charge in [0.2, 0.25) is 10.0 Å². The van der Waals surface area contributed by atoms with E-state index in [9.17, 15) is 8.42 Å². The number of likely N-dealkylation sites (N-methyl/N-ethyl adjacent to an activating group) is 1. The molecule has 0 bridgehead atoms. The van der Waals surface area contributed by atoms with Crippen molar-refractivity contribution in [3.05, 3.63) is 18.2 Å². The van der Waals surface area contributed by atoms with Crippen molar-refractivity contribution in [2.75, 3.05) is 18.5 Å². The van der Waals surface area contributed by atoms with Crippen LogP contribution in [0.25, 0.3) is 0 Å². The molecule has 0 aromatic heterocycles. The molecule has 1 aromatic rings. The molecule has 1 aromatic carbocycles. The normalized spacial score (nSPS) is 19.6. The van der Waals surface area contributed by atoms with Crippen molar-refractivity contribution in [3.8, 4) is 5.75 Å². The molecule has 2 rings (SSSR count). The summed E-state index contributed by atoms with van der Waals surface area (Å²) < 4.78 is 28.5. The first-order valence-electron chi connectivity index (χ1n) is 5.83. The van der Waals surface area contributed by atoms with Crippen LogP contribution in [0, 0.1) is 5.92 Å². The lowest BCUT2D eigenvalue weighted by atomic mass is 10.0. The monoisotopic (exact) mass is 270 g/mol. The van der Waals surface area contributed by atoms with E-state index < -0.39 is 10.0 Å². The third kappa shape index (κ3) is 2.44. The second kappa shape index (κ2) is 4.44. The number of fused-ring (bicyclic) bond motifs is 1. The van der Waals surface area contributed by atoms with Crippen molar-refractivity contribution < 1.29 is 13.2 Å². The molecule has 100 valence electrons. The maximum Gasteiger partial charge on any atom is 0.238 e. The molecule has 0 spiro atoms. The molecule has 6 heteroatoms. The molecule has 5 nitrogen and oxygen atoms in total. The summed E-state index contributed by atoms with van der Waals surface area (Å²) in [5.74, 6) is 0.938. The summed E-state index contributed by atoms with van der Waals surface area (Å²) >= 11 is 0. The summed E-state index contributed by atoms with van der Waals surface area (Å²) in [6.45, 7) is 4.94. The minimum atomic E-state index is -3.69. The molecular formula is C12H18N2O3S. The van der Waals surface area contributed by atoms with Gasteiger partial charge in [0, 0.05) is 13.1 Å². The third-order valence-electron chi connectivity index (χ3n) is 3.15. The Bertz CT molecular complexity index is 554. The number of benzene rings is 1. The Morgan fingerprint density at radius 3 is 2.67 bits per heavy atom. The number of rotatable bonds is 2. The molecule has 1 aliphatic rings. The number of hydrogen-bond donors (Lipinski definition) is 1. The molecule has 0 saturated heterocycles. The van der Waals surface area contributed by atoms with Crippen LogP contribution in [0.2, 0.25) is 0 Å². The van der Waals surface area contributed by atoms with E-state index >= 15 is 0 Å². The highest BCUT2D eigenvalue weighted by atomic mass is 32.2. The largest absolute Gasteiger partial charge is 0.486 e. The average Bonchev–Trinajstić information content (AvgIpc) is 2.26. The lowest BCUT2D eigenvalue weighted by molar-refractivity contribution is 0.147. The SMILES string of the molecule is CC(C)C1CN(C)c2ccc(S(N)(=O)=O)cc2O1. The van der Waals surface area contributed by atoms with E-state index in [2.05, 4.69) is 18.7 Å². The summed E-state index contributed by atoms with van der Waals surface area (Å²) in [4.78, 5) is 2.15. The van der Waals surface area contributed by atoms with Gasteiger partial charge in [-0.15, -0.1) is 0 Å². The van der Waals surface area contributed by atoms with Crippen molar-refractivity contribution in [1.82, 2.24) is 0 Å². The molecule has 0 radical (unpaired) electrons. The fourth-order valence-electron chi connectivity index (χ4n) is 2.00. The van der Waals surface area contributed by atoms with Crippen LogP contribution in [0.1, 0.15) is 13.8 Å². The molecule has 0 fully saturated rings. The molecular weight excluding hydrogens is 252 g/mol. The Kier molecular flexibility index (Phi) is 3.25. The Morgan fingerprint density at radius 2 is 2.11 bits per heavy atom. The van der Waals surface area contributed by atoms with E-state index in [1.54, 1.807) is 6.07 Å². The highest BCUT2D eigenvalue weighted by Gasteiger charge is 2.26.